The highest BCUT2D eigenvalue weighted by molar-refractivity contribution is 5.71. The molecule has 2 unspecified atom stereocenters. The quantitative estimate of drug-likeness (QED) is 0.364. The van der Waals surface area contributed by atoms with Crippen LogP contribution in [0.15, 0.2) is 18.2 Å². The number of carbonyl (C=O) groups excluding carboxylic acids is 1. The standard InChI is InChI=1S/C27H37NO6/c1-17-12-25(33-15-26(29)32-6)19(3)18(2)23(17)14-21-10-11-24(34-16-30-4)27(28-21)20-8-7-9-22(13-20)31-5/h10-12,20,22H,7-9,13-16H2,1-6H3. The maximum Gasteiger partial charge on any atom is 0.343 e. The zero-order chi connectivity index (χ0) is 24.7. The number of ether oxygens (including phenoxy) is 5. The van der Waals surface area contributed by atoms with Gasteiger partial charge in [0.1, 0.15) is 11.5 Å². The molecular formula is C27H37NO6. The predicted molar refractivity (Wildman–Crippen MR) is 130 cm³/mol. The minimum absolute atomic E-state index is 0.104. The molecule has 0 bridgehead atoms. The second-order valence-corrected chi connectivity index (χ2v) is 8.92. The van der Waals surface area contributed by atoms with E-state index in [1.807, 2.05) is 25.1 Å². The molecule has 0 spiro atoms. The number of hydrogen-bond acceptors (Lipinski definition) is 7. The Labute approximate surface area is 202 Å². The van der Waals surface area contributed by atoms with Crippen molar-refractivity contribution in [2.24, 2.45) is 0 Å². The van der Waals surface area contributed by atoms with Crippen LogP contribution in [0.4, 0.5) is 0 Å². The molecule has 1 aromatic carbocycles. The van der Waals surface area contributed by atoms with Crippen LogP contribution < -0.4 is 9.47 Å². The van der Waals surface area contributed by atoms with Gasteiger partial charge in [-0.2, -0.15) is 0 Å². The molecule has 1 fully saturated rings. The van der Waals surface area contributed by atoms with E-state index >= 15 is 0 Å². The van der Waals surface area contributed by atoms with E-state index in [4.69, 9.17) is 23.9 Å². The van der Waals surface area contributed by atoms with Gasteiger partial charge in [-0.1, -0.05) is 6.42 Å². The van der Waals surface area contributed by atoms with Crippen LogP contribution in [0.1, 0.15) is 65.2 Å². The zero-order valence-electron chi connectivity index (χ0n) is 21.2. The first-order valence-electron chi connectivity index (χ1n) is 11.8. The van der Waals surface area contributed by atoms with E-state index in [9.17, 15) is 4.79 Å². The van der Waals surface area contributed by atoms with Crippen molar-refractivity contribution in [3.63, 3.8) is 0 Å². The van der Waals surface area contributed by atoms with Crippen molar-refractivity contribution in [2.45, 2.75) is 64.9 Å². The summed E-state index contributed by atoms with van der Waals surface area (Å²) < 4.78 is 27.0. The van der Waals surface area contributed by atoms with Crippen LogP contribution in [0.5, 0.6) is 11.5 Å². The Balaban J connectivity index is 1.88. The number of aromatic nitrogens is 1. The maximum absolute atomic E-state index is 11.5. The topological polar surface area (TPSA) is 76.1 Å². The highest BCUT2D eigenvalue weighted by atomic mass is 16.7. The molecule has 7 nitrogen and oxygen atoms in total. The summed E-state index contributed by atoms with van der Waals surface area (Å²) in [7, 11) is 4.76. The molecule has 1 aliphatic rings. The fraction of sp³-hybridized carbons (Fsp3) is 0.556. The number of methoxy groups -OCH3 is 3. The molecule has 0 radical (unpaired) electrons. The largest absolute Gasteiger partial charge is 0.482 e. The molecule has 186 valence electrons. The number of rotatable bonds is 10. The first-order valence-corrected chi connectivity index (χ1v) is 11.8. The van der Waals surface area contributed by atoms with Crippen LogP contribution in [0.25, 0.3) is 0 Å². The normalized spacial score (nSPS) is 17.9. The van der Waals surface area contributed by atoms with E-state index in [2.05, 4.69) is 18.6 Å². The Morgan fingerprint density at radius 1 is 1.03 bits per heavy atom. The van der Waals surface area contributed by atoms with Crippen LogP contribution in [0.2, 0.25) is 0 Å². The molecule has 1 aliphatic carbocycles. The first kappa shape index (κ1) is 26.0. The molecule has 34 heavy (non-hydrogen) atoms. The highest BCUT2D eigenvalue weighted by Gasteiger charge is 2.27. The molecular weight excluding hydrogens is 434 g/mol. The van der Waals surface area contributed by atoms with Crippen molar-refractivity contribution in [2.75, 3.05) is 34.7 Å². The van der Waals surface area contributed by atoms with Gasteiger partial charge in [0.2, 0.25) is 0 Å². The lowest BCUT2D eigenvalue weighted by Gasteiger charge is -2.29. The van der Waals surface area contributed by atoms with Crippen molar-refractivity contribution < 1.29 is 28.5 Å². The molecule has 3 rings (SSSR count). The van der Waals surface area contributed by atoms with Gasteiger partial charge < -0.3 is 23.7 Å². The van der Waals surface area contributed by atoms with Gasteiger partial charge in [-0.25, -0.2) is 4.79 Å². The van der Waals surface area contributed by atoms with E-state index in [-0.39, 0.29) is 19.5 Å². The number of pyridine rings is 1. The van der Waals surface area contributed by atoms with Crippen LogP contribution in [0.3, 0.4) is 0 Å². The van der Waals surface area contributed by atoms with Crippen molar-refractivity contribution in [3.05, 3.63) is 51.8 Å². The van der Waals surface area contributed by atoms with Gasteiger partial charge in [0.15, 0.2) is 13.4 Å². The molecule has 1 saturated carbocycles. The number of esters is 1. The second kappa shape index (κ2) is 12.2. The minimum atomic E-state index is -0.398. The summed E-state index contributed by atoms with van der Waals surface area (Å²) in [5.41, 5.74) is 6.45. The Morgan fingerprint density at radius 3 is 2.53 bits per heavy atom. The number of aryl methyl sites for hydroxylation is 1. The average molecular weight is 472 g/mol. The predicted octanol–water partition coefficient (Wildman–Crippen LogP) is 4.80. The smallest absolute Gasteiger partial charge is 0.343 e. The third-order valence-electron chi connectivity index (χ3n) is 6.76. The van der Waals surface area contributed by atoms with E-state index in [0.29, 0.717) is 18.1 Å². The van der Waals surface area contributed by atoms with E-state index < -0.39 is 5.97 Å². The lowest BCUT2D eigenvalue weighted by atomic mass is 9.84. The average Bonchev–Trinajstić information content (AvgIpc) is 2.86. The summed E-state index contributed by atoms with van der Waals surface area (Å²) >= 11 is 0. The number of benzene rings is 1. The molecule has 2 aromatic rings. The Bertz CT molecular complexity index is 990. The molecule has 2 atom stereocenters. The van der Waals surface area contributed by atoms with Crippen molar-refractivity contribution >= 4 is 5.97 Å². The summed E-state index contributed by atoms with van der Waals surface area (Å²) in [4.78, 5) is 16.6. The summed E-state index contributed by atoms with van der Waals surface area (Å²) in [6.07, 6.45) is 5.17. The summed E-state index contributed by atoms with van der Waals surface area (Å²) in [5, 5.41) is 0. The first-order chi connectivity index (χ1) is 16.4. The van der Waals surface area contributed by atoms with Crippen LogP contribution in [0, 0.1) is 20.8 Å². The van der Waals surface area contributed by atoms with Gasteiger partial charge in [0, 0.05) is 32.3 Å². The fourth-order valence-corrected chi connectivity index (χ4v) is 4.64. The number of hydrogen-bond donors (Lipinski definition) is 0. The molecule has 0 saturated heterocycles. The lowest BCUT2D eigenvalue weighted by molar-refractivity contribution is -0.142. The van der Waals surface area contributed by atoms with Gasteiger partial charge >= 0.3 is 5.97 Å². The van der Waals surface area contributed by atoms with Crippen LogP contribution >= 0.6 is 0 Å². The summed E-state index contributed by atoms with van der Waals surface area (Å²) in [6, 6.07) is 6.03. The summed E-state index contributed by atoms with van der Waals surface area (Å²) in [5.74, 6) is 1.38. The Morgan fingerprint density at radius 2 is 1.82 bits per heavy atom. The monoisotopic (exact) mass is 471 g/mol. The van der Waals surface area contributed by atoms with Gasteiger partial charge in [0.05, 0.1) is 18.9 Å². The minimum Gasteiger partial charge on any atom is -0.482 e. The third kappa shape index (κ3) is 6.27. The van der Waals surface area contributed by atoms with Gasteiger partial charge in [-0.15, -0.1) is 0 Å². The Kier molecular flexibility index (Phi) is 9.30. The molecule has 7 heteroatoms. The second-order valence-electron chi connectivity index (χ2n) is 8.92. The SMILES string of the molecule is COCOc1ccc(Cc2c(C)cc(OCC(=O)OC)c(C)c2C)nc1C1CCCC(OC)C1. The zero-order valence-corrected chi connectivity index (χ0v) is 21.2. The van der Waals surface area contributed by atoms with Gasteiger partial charge in [-0.3, -0.25) is 4.98 Å². The lowest BCUT2D eigenvalue weighted by Crippen LogP contribution is -2.22. The molecule has 1 heterocycles. The highest BCUT2D eigenvalue weighted by Crippen LogP contribution is 2.38. The molecule has 0 aliphatic heterocycles. The molecule has 0 amide bonds. The van der Waals surface area contributed by atoms with Crippen LogP contribution in [-0.4, -0.2) is 51.8 Å². The van der Waals surface area contributed by atoms with Crippen molar-refractivity contribution in [1.29, 1.82) is 0 Å². The maximum atomic E-state index is 11.5. The van der Waals surface area contributed by atoms with Gasteiger partial charge in [-0.05, 0) is 80.5 Å². The van der Waals surface area contributed by atoms with Crippen molar-refractivity contribution in [3.8, 4) is 11.5 Å². The Hall–Kier alpha value is -2.64. The van der Waals surface area contributed by atoms with E-state index in [1.54, 1.807) is 14.2 Å². The number of nitrogens with zero attached hydrogens (tertiary/aromatic N) is 1. The van der Waals surface area contributed by atoms with Crippen molar-refractivity contribution in [1.82, 2.24) is 4.98 Å². The molecule has 0 N–H and O–H groups in total. The summed E-state index contributed by atoms with van der Waals surface area (Å²) in [6.45, 7) is 6.25. The van der Waals surface area contributed by atoms with E-state index in [1.165, 1.54) is 12.7 Å². The van der Waals surface area contributed by atoms with Gasteiger partial charge in [0.25, 0.3) is 0 Å². The third-order valence-corrected chi connectivity index (χ3v) is 6.76. The molecule has 1 aromatic heterocycles. The fourth-order valence-electron chi connectivity index (χ4n) is 4.64. The van der Waals surface area contributed by atoms with E-state index in [0.717, 1.165) is 59.5 Å². The van der Waals surface area contributed by atoms with Crippen LogP contribution in [-0.2, 0) is 25.4 Å². The number of carbonyl (C=O) groups is 1.